The third kappa shape index (κ3) is 6.17. The molecule has 0 bridgehead atoms. The number of amides is 1. The minimum absolute atomic E-state index is 0.0173. The molecule has 1 fully saturated rings. The quantitative estimate of drug-likeness (QED) is 0.424. The standard InChI is InChI=1S/C23H25N5O5S/c24-16-6-8-18-7-4-5-11-22(18)25-26-23(29)17-27(19-12-14-20(15-13-19)28(30)31)34(32,33)21-9-2-1-3-10-21/h1-3,9-10,12-15,18H,4-8,11,17H2,(H,26,29)/b25-22-/t18-/m1/s1. The average molecular weight is 484 g/mol. The fraction of sp³-hybridized carbons (Fsp3) is 0.348. The molecule has 1 aliphatic carbocycles. The molecule has 1 N–H and O–H groups in total. The fourth-order valence-corrected chi connectivity index (χ4v) is 5.28. The van der Waals surface area contributed by atoms with Gasteiger partial charge < -0.3 is 0 Å². The number of nitro benzene ring substituents is 1. The summed E-state index contributed by atoms with van der Waals surface area (Å²) in [5.74, 6) is -0.525. The Kier molecular flexibility index (Phi) is 8.32. The number of sulfonamides is 1. The summed E-state index contributed by atoms with van der Waals surface area (Å²) in [5.41, 5.74) is 3.19. The first-order chi connectivity index (χ1) is 16.3. The number of rotatable bonds is 9. The maximum Gasteiger partial charge on any atom is 0.269 e. The lowest BCUT2D eigenvalue weighted by molar-refractivity contribution is -0.384. The summed E-state index contributed by atoms with van der Waals surface area (Å²) < 4.78 is 27.5. The van der Waals surface area contributed by atoms with Gasteiger partial charge in [0.2, 0.25) is 0 Å². The highest BCUT2D eigenvalue weighted by Gasteiger charge is 2.28. The molecule has 0 saturated heterocycles. The lowest BCUT2D eigenvalue weighted by Crippen LogP contribution is -2.40. The normalized spacial score (nSPS) is 17.0. The van der Waals surface area contributed by atoms with E-state index < -0.39 is 27.4 Å². The van der Waals surface area contributed by atoms with Crippen LogP contribution in [-0.4, -0.2) is 31.5 Å². The average Bonchev–Trinajstić information content (AvgIpc) is 2.85. The van der Waals surface area contributed by atoms with Gasteiger partial charge in [-0.05, 0) is 49.9 Å². The monoisotopic (exact) mass is 483 g/mol. The van der Waals surface area contributed by atoms with Crippen LogP contribution in [0, 0.1) is 27.4 Å². The molecule has 2 aromatic carbocycles. The molecule has 0 spiro atoms. The zero-order chi connectivity index (χ0) is 24.6. The summed E-state index contributed by atoms with van der Waals surface area (Å²) in [7, 11) is -4.13. The van der Waals surface area contributed by atoms with Crippen molar-refractivity contribution in [2.24, 2.45) is 11.0 Å². The van der Waals surface area contributed by atoms with Crippen LogP contribution in [0.25, 0.3) is 0 Å². The summed E-state index contributed by atoms with van der Waals surface area (Å²) in [5, 5.41) is 24.1. The number of non-ortho nitro benzene ring substituents is 1. The summed E-state index contributed by atoms with van der Waals surface area (Å²) in [4.78, 5) is 23.1. The van der Waals surface area contributed by atoms with Crippen molar-refractivity contribution in [1.29, 1.82) is 5.26 Å². The second kappa shape index (κ2) is 11.4. The van der Waals surface area contributed by atoms with Crippen molar-refractivity contribution >= 4 is 33.0 Å². The van der Waals surface area contributed by atoms with E-state index in [4.69, 9.17) is 5.26 Å². The number of nitriles is 1. The zero-order valence-electron chi connectivity index (χ0n) is 18.5. The van der Waals surface area contributed by atoms with Crippen molar-refractivity contribution in [3.05, 3.63) is 64.7 Å². The van der Waals surface area contributed by atoms with E-state index in [0.717, 1.165) is 29.3 Å². The number of hydrogen-bond donors (Lipinski definition) is 1. The largest absolute Gasteiger partial charge is 0.271 e. The third-order valence-corrected chi connectivity index (χ3v) is 7.39. The number of anilines is 1. The first-order valence-electron chi connectivity index (χ1n) is 10.9. The summed E-state index contributed by atoms with van der Waals surface area (Å²) in [6.45, 7) is -0.561. The molecule has 0 heterocycles. The van der Waals surface area contributed by atoms with E-state index in [1.54, 1.807) is 18.2 Å². The fourth-order valence-electron chi connectivity index (χ4n) is 3.84. The van der Waals surface area contributed by atoms with Crippen molar-refractivity contribution in [2.75, 3.05) is 10.8 Å². The van der Waals surface area contributed by atoms with E-state index in [1.807, 2.05) is 0 Å². The molecule has 0 radical (unpaired) electrons. The first-order valence-corrected chi connectivity index (χ1v) is 12.3. The number of benzene rings is 2. The van der Waals surface area contributed by atoms with E-state index in [1.165, 1.54) is 36.4 Å². The smallest absolute Gasteiger partial charge is 0.269 e. The molecule has 178 valence electrons. The van der Waals surface area contributed by atoms with Gasteiger partial charge in [-0.1, -0.05) is 24.6 Å². The second-order valence-electron chi connectivity index (χ2n) is 7.88. The Balaban J connectivity index is 1.84. The van der Waals surface area contributed by atoms with Crippen molar-refractivity contribution in [3.8, 4) is 6.07 Å². The number of nitrogens with zero attached hydrogens (tertiary/aromatic N) is 4. The second-order valence-corrected chi connectivity index (χ2v) is 9.74. The molecule has 11 heteroatoms. The Morgan fingerprint density at radius 3 is 2.53 bits per heavy atom. The van der Waals surface area contributed by atoms with Gasteiger partial charge in [0.05, 0.1) is 21.6 Å². The van der Waals surface area contributed by atoms with Crippen LogP contribution in [0.1, 0.15) is 38.5 Å². The highest BCUT2D eigenvalue weighted by molar-refractivity contribution is 7.92. The molecule has 0 unspecified atom stereocenters. The third-order valence-electron chi connectivity index (χ3n) is 5.60. The van der Waals surface area contributed by atoms with E-state index in [2.05, 4.69) is 16.6 Å². The maximum absolute atomic E-state index is 13.3. The molecular formula is C23H25N5O5S. The Morgan fingerprint density at radius 2 is 1.88 bits per heavy atom. The van der Waals surface area contributed by atoms with Crippen LogP contribution >= 0.6 is 0 Å². The lowest BCUT2D eigenvalue weighted by Gasteiger charge is -2.25. The van der Waals surface area contributed by atoms with E-state index in [9.17, 15) is 23.3 Å². The molecule has 1 aliphatic rings. The van der Waals surface area contributed by atoms with Gasteiger partial charge in [0.1, 0.15) is 6.54 Å². The Hall–Kier alpha value is -3.78. The molecule has 1 atom stereocenters. The Bertz CT molecular complexity index is 1190. The predicted molar refractivity (Wildman–Crippen MR) is 126 cm³/mol. The van der Waals surface area contributed by atoms with Crippen molar-refractivity contribution in [3.63, 3.8) is 0 Å². The topological polar surface area (TPSA) is 146 Å². The van der Waals surface area contributed by atoms with Gasteiger partial charge in [-0.25, -0.2) is 13.8 Å². The molecule has 10 nitrogen and oxygen atoms in total. The highest BCUT2D eigenvalue weighted by Crippen LogP contribution is 2.27. The molecule has 1 saturated carbocycles. The van der Waals surface area contributed by atoms with Gasteiger partial charge in [0, 0.05) is 30.2 Å². The summed E-state index contributed by atoms with van der Waals surface area (Å²) in [6, 6.07) is 14.7. The zero-order valence-corrected chi connectivity index (χ0v) is 19.3. The first kappa shape index (κ1) is 24.9. The minimum Gasteiger partial charge on any atom is -0.271 e. The lowest BCUT2D eigenvalue weighted by atomic mass is 9.84. The summed E-state index contributed by atoms with van der Waals surface area (Å²) >= 11 is 0. The van der Waals surface area contributed by atoms with Gasteiger partial charge in [-0.2, -0.15) is 10.4 Å². The maximum atomic E-state index is 13.3. The molecule has 0 aliphatic heterocycles. The van der Waals surface area contributed by atoms with Crippen LogP contribution in [0.3, 0.4) is 0 Å². The molecular weight excluding hydrogens is 458 g/mol. The van der Waals surface area contributed by atoms with Gasteiger partial charge in [-0.15, -0.1) is 0 Å². The van der Waals surface area contributed by atoms with Crippen LogP contribution < -0.4 is 9.73 Å². The van der Waals surface area contributed by atoms with Crippen molar-refractivity contribution in [1.82, 2.24) is 5.43 Å². The number of carbonyl (C=O) groups excluding carboxylic acids is 1. The molecule has 3 rings (SSSR count). The van der Waals surface area contributed by atoms with Gasteiger partial charge in [-0.3, -0.25) is 19.2 Å². The van der Waals surface area contributed by atoms with Crippen LogP contribution in [-0.2, 0) is 14.8 Å². The predicted octanol–water partition coefficient (Wildman–Crippen LogP) is 3.76. The van der Waals surface area contributed by atoms with E-state index in [-0.39, 0.29) is 22.2 Å². The van der Waals surface area contributed by atoms with Gasteiger partial charge >= 0.3 is 0 Å². The molecule has 1 amide bonds. The minimum atomic E-state index is -4.13. The molecule has 2 aromatic rings. The van der Waals surface area contributed by atoms with Crippen LogP contribution in [0.15, 0.2) is 64.6 Å². The number of hydrogen-bond acceptors (Lipinski definition) is 7. The van der Waals surface area contributed by atoms with Gasteiger partial charge in [0.15, 0.2) is 0 Å². The Morgan fingerprint density at radius 1 is 1.18 bits per heavy atom. The number of nitrogens with one attached hydrogen (secondary N) is 1. The van der Waals surface area contributed by atoms with E-state index in [0.29, 0.717) is 19.3 Å². The molecule has 0 aromatic heterocycles. The number of hydrazone groups is 1. The van der Waals surface area contributed by atoms with E-state index >= 15 is 0 Å². The Labute approximate surface area is 198 Å². The van der Waals surface area contributed by atoms with Crippen molar-refractivity contribution < 1.29 is 18.1 Å². The number of nitro groups is 1. The SMILES string of the molecule is N#CCC[C@H]1CCCC/C1=N/NC(=O)CN(c1ccc([N+](=O)[O-])cc1)S(=O)(=O)c1ccccc1. The van der Waals surface area contributed by atoms with Crippen LogP contribution in [0.2, 0.25) is 0 Å². The number of carbonyl (C=O) groups is 1. The van der Waals surface area contributed by atoms with Crippen LogP contribution in [0.4, 0.5) is 11.4 Å². The van der Waals surface area contributed by atoms with Crippen LogP contribution in [0.5, 0.6) is 0 Å². The molecule has 34 heavy (non-hydrogen) atoms. The van der Waals surface area contributed by atoms with Crippen molar-refractivity contribution in [2.45, 2.75) is 43.4 Å². The highest BCUT2D eigenvalue weighted by atomic mass is 32.2. The summed E-state index contributed by atoms with van der Waals surface area (Å²) in [6.07, 6.45) is 4.66. The van der Waals surface area contributed by atoms with Gasteiger partial charge in [0.25, 0.3) is 21.6 Å².